The van der Waals surface area contributed by atoms with Gasteiger partial charge in [0.25, 0.3) is 5.91 Å². The van der Waals surface area contributed by atoms with Gasteiger partial charge in [-0.2, -0.15) is 5.10 Å². The summed E-state index contributed by atoms with van der Waals surface area (Å²) in [5.74, 6) is -1.80. The third-order valence-electron chi connectivity index (χ3n) is 4.16. The lowest BCUT2D eigenvalue weighted by molar-refractivity contribution is -0.135. The smallest absolute Gasteiger partial charge is 0.271 e. The van der Waals surface area contributed by atoms with Gasteiger partial charge in [0.2, 0.25) is 11.8 Å². The highest BCUT2D eigenvalue weighted by atomic mass is 35.5. The van der Waals surface area contributed by atoms with E-state index in [0.717, 1.165) is 10.6 Å². The minimum Gasteiger partial charge on any atom is -0.323 e. The molecule has 7 nitrogen and oxygen atoms in total. The van der Waals surface area contributed by atoms with Gasteiger partial charge in [-0.25, -0.2) is 9.40 Å². The van der Waals surface area contributed by atoms with Crippen LogP contribution in [0.4, 0.5) is 15.8 Å². The predicted molar refractivity (Wildman–Crippen MR) is 108 cm³/mol. The van der Waals surface area contributed by atoms with Crippen LogP contribution >= 0.6 is 11.6 Å². The Balaban J connectivity index is 1.66. The van der Waals surface area contributed by atoms with E-state index in [9.17, 15) is 18.8 Å². The quantitative estimate of drug-likeness (QED) is 0.783. The van der Waals surface area contributed by atoms with Crippen molar-refractivity contribution in [3.05, 3.63) is 58.9 Å². The lowest BCUT2D eigenvalue weighted by Crippen LogP contribution is -2.40. The van der Waals surface area contributed by atoms with Crippen molar-refractivity contribution in [2.24, 2.45) is 5.10 Å². The summed E-state index contributed by atoms with van der Waals surface area (Å²) >= 11 is 6.10. The molecule has 1 heterocycles. The highest BCUT2D eigenvalue weighted by Crippen LogP contribution is 2.22. The van der Waals surface area contributed by atoms with E-state index in [-0.39, 0.29) is 31.0 Å². The fourth-order valence-electron chi connectivity index (χ4n) is 2.67. The van der Waals surface area contributed by atoms with Gasteiger partial charge in [0.15, 0.2) is 0 Å². The first kappa shape index (κ1) is 20.5. The van der Waals surface area contributed by atoms with E-state index < -0.39 is 17.6 Å². The molecule has 0 unspecified atom stereocenters. The molecule has 2 aromatic rings. The first-order chi connectivity index (χ1) is 13.8. The van der Waals surface area contributed by atoms with Crippen molar-refractivity contribution in [3.8, 4) is 0 Å². The minimum atomic E-state index is -0.518. The van der Waals surface area contributed by atoms with Crippen LogP contribution in [0.25, 0.3) is 0 Å². The third kappa shape index (κ3) is 5.39. The Bertz CT molecular complexity index is 992. The van der Waals surface area contributed by atoms with Gasteiger partial charge in [0.1, 0.15) is 18.1 Å². The molecule has 3 rings (SSSR count). The van der Waals surface area contributed by atoms with Gasteiger partial charge in [-0.05, 0) is 48.9 Å². The lowest BCUT2D eigenvalue weighted by Gasteiger charge is -2.22. The highest BCUT2D eigenvalue weighted by molar-refractivity contribution is 6.43. The van der Waals surface area contributed by atoms with E-state index in [1.54, 1.807) is 18.2 Å². The van der Waals surface area contributed by atoms with E-state index >= 15 is 0 Å². The molecule has 0 bridgehead atoms. The number of nitrogens with zero attached hydrogens (tertiary/aromatic N) is 2. The lowest BCUT2D eigenvalue weighted by atomic mass is 10.1. The molecule has 150 valence electrons. The summed E-state index contributed by atoms with van der Waals surface area (Å²) < 4.78 is 13.0. The van der Waals surface area contributed by atoms with Crippen molar-refractivity contribution < 1.29 is 18.8 Å². The molecule has 1 aliphatic rings. The van der Waals surface area contributed by atoms with Gasteiger partial charge in [0.05, 0.1) is 10.7 Å². The molecule has 3 amide bonds. The highest BCUT2D eigenvalue weighted by Gasteiger charge is 2.26. The molecule has 0 spiro atoms. The first-order valence-electron chi connectivity index (χ1n) is 8.82. The molecule has 0 aromatic heterocycles. The monoisotopic (exact) mass is 416 g/mol. The molecule has 0 fully saturated rings. The second-order valence-corrected chi connectivity index (χ2v) is 6.90. The van der Waals surface area contributed by atoms with Crippen LogP contribution in [0.1, 0.15) is 18.4 Å². The normalized spacial score (nSPS) is 13.7. The molecule has 2 aromatic carbocycles. The van der Waals surface area contributed by atoms with Gasteiger partial charge in [0, 0.05) is 18.5 Å². The maximum Gasteiger partial charge on any atom is 0.271 e. The number of nitrogens with one attached hydrogen (secondary N) is 2. The summed E-state index contributed by atoms with van der Waals surface area (Å²) in [6, 6.07) is 10.4. The van der Waals surface area contributed by atoms with Crippen LogP contribution in [0.15, 0.2) is 47.6 Å². The number of aryl methyl sites for hydroxylation is 1. The number of carbonyl (C=O) groups excluding carboxylic acids is 3. The second kappa shape index (κ2) is 8.83. The van der Waals surface area contributed by atoms with E-state index in [1.165, 1.54) is 24.3 Å². The van der Waals surface area contributed by atoms with Crippen molar-refractivity contribution >= 4 is 46.4 Å². The molecule has 0 aliphatic carbocycles. The summed E-state index contributed by atoms with van der Waals surface area (Å²) in [6.07, 6.45) is 0.196. The van der Waals surface area contributed by atoms with E-state index in [0.29, 0.717) is 16.4 Å². The summed E-state index contributed by atoms with van der Waals surface area (Å²) in [5.41, 5.74) is 1.87. The number of amides is 3. The van der Waals surface area contributed by atoms with Gasteiger partial charge in [-0.1, -0.05) is 17.7 Å². The number of halogens is 2. The average Bonchev–Trinajstić information content (AvgIpc) is 2.67. The molecular formula is C20H18ClFN4O3. The van der Waals surface area contributed by atoms with Crippen LogP contribution in [0.3, 0.4) is 0 Å². The SMILES string of the molecule is Cc1ccc(NC(=O)CN2N=C(C(=O)Nc3ccc(F)cc3)CCC2=O)c(Cl)c1. The number of hydrogen-bond acceptors (Lipinski definition) is 4. The van der Waals surface area contributed by atoms with Crippen molar-refractivity contribution in [2.75, 3.05) is 17.2 Å². The van der Waals surface area contributed by atoms with Crippen molar-refractivity contribution in [1.29, 1.82) is 0 Å². The number of hydrogen-bond donors (Lipinski definition) is 2. The maximum atomic E-state index is 13.0. The summed E-state index contributed by atoms with van der Waals surface area (Å²) in [5, 5.41) is 10.6. The molecule has 9 heteroatoms. The van der Waals surface area contributed by atoms with Crippen LogP contribution in [0.2, 0.25) is 5.02 Å². The minimum absolute atomic E-state index is 0.0498. The molecule has 1 aliphatic heterocycles. The topological polar surface area (TPSA) is 90.9 Å². The van der Waals surface area contributed by atoms with Gasteiger partial charge >= 0.3 is 0 Å². The fourth-order valence-corrected chi connectivity index (χ4v) is 2.95. The second-order valence-electron chi connectivity index (χ2n) is 6.49. The Morgan fingerprint density at radius 3 is 2.55 bits per heavy atom. The van der Waals surface area contributed by atoms with Crippen LogP contribution < -0.4 is 10.6 Å². The Morgan fingerprint density at radius 1 is 1.14 bits per heavy atom. The summed E-state index contributed by atoms with van der Waals surface area (Å²) in [7, 11) is 0. The van der Waals surface area contributed by atoms with Crippen LogP contribution in [0.5, 0.6) is 0 Å². The van der Waals surface area contributed by atoms with Crippen LogP contribution in [-0.2, 0) is 14.4 Å². The Hall–Kier alpha value is -3.26. The molecule has 0 radical (unpaired) electrons. The van der Waals surface area contributed by atoms with E-state index in [2.05, 4.69) is 15.7 Å². The number of anilines is 2. The van der Waals surface area contributed by atoms with Gasteiger partial charge in [-0.15, -0.1) is 0 Å². The van der Waals surface area contributed by atoms with Crippen molar-refractivity contribution in [2.45, 2.75) is 19.8 Å². The third-order valence-corrected chi connectivity index (χ3v) is 4.47. The molecule has 2 N–H and O–H groups in total. The molecular weight excluding hydrogens is 399 g/mol. The number of rotatable bonds is 5. The number of benzene rings is 2. The predicted octanol–water partition coefficient (Wildman–Crippen LogP) is 3.34. The zero-order valence-electron chi connectivity index (χ0n) is 15.5. The molecule has 0 atom stereocenters. The Morgan fingerprint density at radius 2 is 1.86 bits per heavy atom. The van der Waals surface area contributed by atoms with Gasteiger partial charge in [-0.3, -0.25) is 14.4 Å². The average molecular weight is 417 g/mol. The summed E-state index contributed by atoms with van der Waals surface area (Å²) in [6.45, 7) is 1.52. The first-order valence-corrected chi connectivity index (χ1v) is 9.20. The van der Waals surface area contributed by atoms with Gasteiger partial charge < -0.3 is 10.6 Å². The number of carbonyl (C=O) groups is 3. The van der Waals surface area contributed by atoms with Crippen LogP contribution in [0, 0.1) is 12.7 Å². The molecule has 0 saturated carbocycles. The van der Waals surface area contributed by atoms with E-state index in [1.807, 2.05) is 6.92 Å². The molecule has 29 heavy (non-hydrogen) atoms. The largest absolute Gasteiger partial charge is 0.323 e. The van der Waals surface area contributed by atoms with E-state index in [4.69, 9.17) is 11.6 Å². The van der Waals surface area contributed by atoms with Crippen molar-refractivity contribution in [1.82, 2.24) is 5.01 Å². The maximum absolute atomic E-state index is 13.0. The Kier molecular flexibility index (Phi) is 6.23. The standard InChI is InChI=1S/C20H18ClFN4O3/c1-12-2-7-16(15(21)10-12)24-18(27)11-26-19(28)9-8-17(25-26)20(29)23-14-5-3-13(22)4-6-14/h2-7,10H,8-9,11H2,1H3,(H,23,29)(H,24,27). The fraction of sp³-hybridized carbons (Fsp3) is 0.200. The summed E-state index contributed by atoms with van der Waals surface area (Å²) in [4.78, 5) is 36.8. The zero-order chi connectivity index (χ0) is 21.0. The molecule has 0 saturated heterocycles. The van der Waals surface area contributed by atoms with Crippen molar-refractivity contribution in [3.63, 3.8) is 0 Å². The number of hydrazone groups is 1. The Labute approximate surface area is 171 Å². The zero-order valence-corrected chi connectivity index (χ0v) is 16.3. The van der Waals surface area contributed by atoms with Crippen LogP contribution in [-0.4, -0.2) is 35.0 Å².